The average Bonchev–Trinajstić information content (AvgIpc) is 2.22. The van der Waals surface area contributed by atoms with E-state index in [0.717, 1.165) is 0 Å². The Morgan fingerprint density at radius 2 is 2.33 bits per heavy atom. The molecule has 1 aromatic rings. The molecule has 3 nitrogen and oxygen atoms in total. The van der Waals surface area contributed by atoms with Crippen molar-refractivity contribution in [1.82, 2.24) is 0 Å². The molecule has 15 heavy (non-hydrogen) atoms. The summed E-state index contributed by atoms with van der Waals surface area (Å²) in [6, 6.07) is 4.40. The Hall–Kier alpha value is -1.13. The number of ether oxygens (including phenoxy) is 1. The third-order valence-corrected chi connectivity index (χ3v) is 1.95. The van der Waals surface area contributed by atoms with E-state index >= 15 is 0 Å². The van der Waals surface area contributed by atoms with Crippen LogP contribution >= 0.6 is 11.6 Å². The molecule has 0 bridgehead atoms. The molecule has 0 atom stereocenters. The maximum absolute atomic E-state index is 13.3. The first kappa shape index (κ1) is 11.9. The fraction of sp³-hybridized carbons (Fsp3) is 0.300. The van der Waals surface area contributed by atoms with Crippen LogP contribution in [-0.4, -0.2) is 19.1 Å². The van der Waals surface area contributed by atoms with Gasteiger partial charge in [0.1, 0.15) is 6.61 Å². The second kappa shape index (κ2) is 5.68. The monoisotopic (exact) mass is 231 g/mol. The summed E-state index contributed by atoms with van der Waals surface area (Å²) in [5.74, 6) is -1.04. The molecular formula is C10H11ClFNO2. The third-order valence-electron chi connectivity index (χ3n) is 1.66. The standard InChI is InChI=1S/C10H11ClFNO2/c1-2-15-6-9(14)13-8-5-3-4-7(11)10(8)12/h3-5H,2,6H2,1H3,(H,13,14). The van der Waals surface area contributed by atoms with Crippen molar-refractivity contribution in [2.75, 3.05) is 18.5 Å². The zero-order valence-corrected chi connectivity index (χ0v) is 8.97. The molecular weight excluding hydrogens is 221 g/mol. The van der Waals surface area contributed by atoms with Crippen LogP contribution in [-0.2, 0) is 9.53 Å². The van der Waals surface area contributed by atoms with Crippen molar-refractivity contribution < 1.29 is 13.9 Å². The highest BCUT2D eigenvalue weighted by molar-refractivity contribution is 6.31. The second-order valence-electron chi connectivity index (χ2n) is 2.79. The number of hydrogen-bond acceptors (Lipinski definition) is 2. The highest BCUT2D eigenvalue weighted by Crippen LogP contribution is 2.21. The van der Waals surface area contributed by atoms with Gasteiger partial charge in [-0.1, -0.05) is 17.7 Å². The highest BCUT2D eigenvalue weighted by atomic mass is 35.5. The van der Waals surface area contributed by atoms with Gasteiger partial charge in [0.15, 0.2) is 5.82 Å². The van der Waals surface area contributed by atoms with E-state index in [-0.39, 0.29) is 17.3 Å². The van der Waals surface area contributed by atoms with Gasteiger partial charge in [-0.15, -0.1) is 0 Å². The predicted octanol–water partition coefficient (Wildman–Crippen LogP) is 2.45. The molecule has 0 radical (unpaired) electrons. The maximum atomic E-state index is 13.3. The lowest BCUT2D eigenvalue weighted by Gasteiger charge is -2.06. The zero-order valence-electron chi connectivity index (χ0n) is 8.22. The number of halogens is 2. The summed E-state index contributed by atoms with van der Waals surface area (Å²) >= 11 is 5.54. The van der Waals surface area contributed by atoms with Crippen molar-refractivity contribution in [2.45, 2.75) is 6.92 Å². The van der Waals surface area contributed by atoms with E-state index in [1.54, 1.807) is 13.0 Å². The van der Waals surface area contributed by atoms with Gasteiger partial charge in [-0.2, -0.15) is 0 Å². The molecule has 0 aliphatic heterocycles. The van der Waals surface area contributed by atoms with Gasteiger partial charge in [0.05, 0.1) is 10.7 Å². The fourth-order valence-corrected chi connectivity index (χ4v) is 1.16. The number of carbonyl (C=O) groups is 1. The molecule has 0 spiro atoms. The first-order valence-corrected chi connectivity index (χ1v) is 4.84. The zero-order chi connectivity index (χ0) is 11.3. The minimum Gasteiger partial charge on any atom is -0.372 e. The molecule has 1 aromatic carbocycles. The van der Waals surface area contributed by atoms with Crippen molar-refractivity contribution in [3.63, 3.8) is 0 Å². The molecule has 1 N–H and O–H groups in total. The summed E-state index contributed by atoms with van der Waals surface area (Å²) in [7, 11) is 0. The van der Waals surface area contributed by atoms with Gasteiger partial charge in [-0.05, 0) is 19.1 Å². The fourth-order valence-electron chi connectivity index (χ4n) is 0.981. The summed E-state index contributed by atoms with van der Waals surface area (Å²) < 4.78 is 18.2. The Balaban J connectivity index is 2.64. The molecule has 1 amide bonds. The van der Waals surface area contributed by atoms with Gasteiger partial charge in [0.25, 0.3) is 0 Å². The first-order chi connectivity index (χ1) is 7.15. The molecule has 0 unspecified atom stereocenters. The molecule has 0 aromatic heterocycles. The van der Waals surface area contributed by atoms with Crippen molar-refractivity contribution in [3.05, 3.63) is 29.0 Å². The van der Waals surface area contributed by atoms with Crippen LogP contribution in [0.15, 0.2) is 18.2 Å². The van der Waals surface area contributed by atoms with E-state index < -0.39 is 11.7 Å². The Bertz CT molecular complexity index is 357. The van der Waals surface area contributed by atoms with E-state index in [1.807, 2.05) is 0 Å². The minimum absolute atomic E-state index is 0.0239. The van der Waals surface area contributed by atoms with Crippen molar-refractivity contribution >= 4 is 23.2 Å². The van der Waals surface area contributed by atoms with Gasteiger partial charge in [0.2, 0.25) is 5.91 Å². The summed E-state index contributed by atoms with van der Waals surface area (Å²) in [6.45, 7) is 2.11. The van der Waals surface area contributed by atoms with Crippen LogP contribution in [0.3, 0.4) is 0 Å². The second-order valence-corrected chi connectivity index (χ2v) is 3.19. The normalized spacial score (nSPS) is 10.1. The Morgan fingerprint density at radius 1 is 1.60 bits per heavy atom. The Labute approximate surface area is 92.2 Å². The number of hydrogen-bond donors (Lipinski definition) is 1. The van der Waals surface area contributed by atoms with E-state index in [4.69, 9.17) is 16.3 Å². The lowest BCUT2D eigenvalue weighted by molar-refractivity contribution is -0.120. The Morgan fingerprint density at radius 3 is 3.00 bits per heavy atom. The van der Waals surface area contributed by atoms with Crippen molar-refractivity contribution in [3.8, 4) is 0 Å². The quantitative estimate of drug-likeness (QED) is 0.865. The van der Waals surface area contributed by atoms with Crippen LogP contribution in [0.25, 0.3) is 0 Å². The smallest absolute Gasteiger partial charge is 0.250 e. The molecule has 5 heteroatoms. The van der Waals surface area contributed by atoms with Gasteiger partial charge < -0.3 is 10.1 Å². The highest BCUT2D eigenvalue weighted by Gasteiger charge is 2.08. The van der Waals surface area contributed by atoms with Crippen molar-refractivity contribution in [1.29, 1.82) is 0 Å². The summed E-state index contributed by atoms with van der Waals surface area (Å²) in [5.41, 5.74) is 0.0622. The summed E-state index contributed by atoms with van der Waals surface area (Å²) in [5, 5.41) is 2.34. The lowest BCUT2D eigenvalue weighted by atomic mass is 10.3. The molecule has 1 rings (SSSR count). The van der Waals surface area contributed by atoms with Crippen LogP contribution in [0, 0.1) is 5.82 Å². The van der Waals surface area contributed by atoms with Gasteiger partial charge >= 0.3 is 0 Å². The number of benzene rings is 1. The average molecular weight is 232 g/mol. The van der Waals surface area contributed by atoms with Crippen LogP contribution in [0.5, 0.6) is 0 Å². The van der Waals surface area contributed by atoms with E-state index in [1.165, 1.54) is 12.1 Å². The van der Waals surface area contributed by atoms with Crippen LogP contribution in [0.1, 0.15) is 6.92 Å². The van der Waals surface area contributed by atoms with Crippen molar-refractivity contribution in [2.24, 2.45) is 0 Å². The van der Waals surface area contributed by atoms with Crippen LogP contribution in [0.4, 0.5) is 10.1 Å². The third kappa shape index (κ3) is 3.49. The van der Waals surface area contributed by atoms with Gasteiger partial charge in [0, 0.05) is 6.61 Å². The lowest BCUT2D eigenvalue weighted by Crippen LogP contribution is -2.18. The van der Waals surface area contributed by atoms with E-state index in [0.29, 0.717) is 6.61 Å². The van der Waals surface area contributed by atoms with E-state index in [9.17, 15) is 9.18 Å². The molecule has 0 heterocycles. The number of rotatable bonds is 4. The molecule has 0 aliphatic carbocycles. The summed E-state index contributed by atoms with van der Waals surface area (Å²) in [6.07, 6.45) is 0. The maximum Gasteiger partial charge on any atom is 0.250 e. The van der Waals surface area contributed by atoms with Crippen LogP contribution in [0.2, 0.25) is 5.02 Å². The SMILES string of the molecule is CCOCC(=O)Nc1cccc(Cl)c1F. The van der Waals surface area contributed by atoms with E-state index in [2.05, 4.69) is 5.32 Å². The molecule has 0 saturated carbocycles. The van der Waals surface area contributed by atoms with Crippen LogP contribution < -0.4 is 5.32 Å². The topological polar surface area (TPSA) is 38.3 Å². The minimum atomic E-state index is -0.635. The predicted molar refractivity (Wildman–Crippen MR) is 56.5 cm³/mol. The number of anilines is 1. The molecule has 0 saturated heterocycles. The first-order valence-electron chi connectivity index (χ1n) is 4.46. The van der Waals surface area contributed by atoms with Gasteiger partial charge in [-0.3, -0.25) is 4.79 Å². The number of nitrogens with one attached hydrogen (secondary N) is 1. The Kier molecular flexibility index (Phi) is 4.52. The number of amides is 1. The van der Waals surface area contributed by atoms with Gasteiger partial charge in [-0.25, -0.2) is 4.39 Å². The molecule has 0 fully saturated rings. The number of carbonyl (C=O) groups excluding carboxylic acids is 1. The molecule has 0 aliphatic rings. The molecule has 82 valence electrons. The summed E-state index contributed by atoms with van der Waals surface area (Å²) in [4.78, 5) is 11.2. The largest absolute Gasteiger partial charge is 0.372 e.